The summed E-state index contributed by atoms with van der Waals surface area (Å²) >= 11 is 0. The summed E-state index contributed by atoms with van der Waals surface area (Å²) in [5.41, 5.74) is 7.13. The number of rotatable bonds is 3. The van der Waals surface area contributed by atoms with Crippen LogP contribution in [0.5, 0.6) is 5.75 Å². The van der Waals surface area contributed by atoms with E-state index in [4.69, 9.17) is 5.73 Å². The molecule has 0 amide bonds. The van der Waals surface area contributed by atoms with E-state index >= 15 is 0 Å². The molecule has 0 bridgehead atoms. The van der Waals surface area contributed by atoms with Crippen LogP contribution in [0.1, 0.15) is 31.9 Å². The van der Waals surface area contributed by atoms with Crippen LogP contribution in [0.2, 0.25) is 0 Å². The molecular formula is C14H22N2O. The molecular weight excluding hydrogens is 212 g/mol. The van der Waals surface area contributed by atoms with Crippen molar-refractivity contribution in [1.82, 2.24) is 4.90 Å². The fraction of sp³-hybridized carbons (Fsp3) is 0.571. The molecule has 17 heavy (non-hydrogen) atoms. The fourth-order valence-electron chi connectivity index (χ4n) is 2.59. The predicted octanol–water partition coefficient (Wildman–Crippen LogP) is 2.12. The number of nitrogens with zero attached hydrogens (tertiary/aromatic N) is 1. The first-order valence-corrected chi connectivity index (χ1v) is 6.36. The smallest absolute Gasteiger partial charge is 0.115 e. The molecule has 0 spiro atoms. The van der Waals surface area contributed by atoms with Crippen molar-refractivity contribution in [3.05, 3.63) is 29.8 Å². The lowest BCUT2D eigenvalue weighted by atomic mass is 10.0. The molecule has 0 radical (unpaired) electrons. The van der Waals surface area contributed by atoms with Gasteiger partial charge in [0.1, 0.15) is 5.75 Å². The molecule has 1 aromatic carbocycles. The SMILES string of the molecule is CC(N)C1CCN(C(C)c2cccc(O)c2)C1. The number of aromatic hydroxyl groups is 1. The van der Waals surface area contributed by atoms with E-state index in [2.05, 4.69) is 24.8 Å². The van der Waals surface area contributed by atoms with Gasteiger partial charge in [-0.3, -0.25) is 4.90 Å². The Morgan fingerprint density at radius 1 is 1.41 bits per heavy atom. The topological polar surface area (TPSA) is 49.5 Å². The molecule has 3 unspecified atom stereocenters. The zero-order chi connectivity index (χ0) is 12.4. The highest BCUT2D eigenvalue weighted by Gasteiger charge is 2.28. The Morgan fingerprint density at radius 2 is 2.18 bits per heavy atom. The molecule has 0 aromatic heterocycles. The Kier molecular flexibility index (Phi) is 3.69. The van der Waals surface area contributed by atoms with Crippen LogP contribution in [0.3, 0.4) is 0 Å². The summed E-state index contributed by atoms with van der Waals surface area (Å²) in [4.78, 5) is 2.45. The number of benzene rings is 1. The Hall–Kier alpha value is -1.06. The lowest BCUT2D eigenvalue weighted by Gasteiger charge is -2.25. The Labute approximate surface area is 103 Å². The quantitative estimate of drug-likeness (QED) is 0.842. The second-order valence-electron chi connectivity index (χ2n) is 5.17. The maximum absolute atomic E-state index is 9.51. The summed E-state index contributed by atoms with van der Waals surface area (Å²) in [7, 11) is 0. The largest absolute Gasteiger partial charge is 0.508 e. The van der Waals surface area contributed by atoms with Crippen LogP contribution in [0, 0.1) is 5.92 Å². The number of phenols is 1. The Balaban J connectivity index is 2.04. The summed E-state index contributed by atoms with van der Waals surface area (Å²) in [5.74, 6) is 0.951. The second-order valence-corrected chi connectivity index (χ2v) is 5.17. The minimum absolute atomic E-state index is 0.274. The van der Waals surface area contributed by atoms with E-state index in [0.717, 1.165) is 13.1 Å². The fourth-order valence-corrected chi connectivity index (χ4v) is 2.59. The highest BCUT2D eigenvalue weighted by molar-refractivity contribution is 5.29. The molecule has 1 aromatic rings. The molecule has 0 aliphatic carbocycles. The van der Waals surface area contributed by atoms with Crippen molar-refractivity contribution in [2.45, 2.75) is 32.4 Å². The van der Waals surface area contributed by atoms with E-state index in [0.29, 0.717) is 17.7 Å². The van der Waals surface area contributed by atoms with Gasteiger partial charge in [-0.25, -0.2) is 0 Å². The first-order valence-electron chi connectivity index (χ1n) is 6.36. The van der Waals surface area contributed by atoms with Crippen LogP contribution in [0.25, 0.3) is 0 Å². The number of hydrogen-bond donors (Lipinski definition) is 2. The van der Waals surface area contributed by atoms with Crippen molar-refractivity contribution in [3.8, 4) is 5.75 Å². The summed E-state index contributed by atoms with van der Waals surface area (Å²) in [6, 6.07) is 8.17. The van der Waals surface area contributed by atoms with Crippen molar-refractivity contribution in [2.24, 2.45) is 11.7 Å². The molecule has 1 saturated heterocycles. The highest BCUT2D eigenvalue weighted by Crippen LogP contribution is 2.29. The van der Waals surface area contributed by atoms with Gasteiger partial charge in [0, 0.05) is 18.6 Å². The van der Waals surface area contributed by atoms with Crippen molar-refractivity contribution < 1.29 is 5.11 Å². The summed E-state index contributed by atoms with van der Waals surface area (Å²) < 4.78 is 0. The number of nitrogens with two attached hydrogens (primary N) is 1. The van der Waals surface area contributed by atoms with E-state index in [9.17, 15) is 5.11 Å². The van der Waals surface area contributed by atoms with Crippen molar-refractivity contribution in [1.29, 1.82) is 0 Å². The standard InChI is InChI=1S/C14H22N2O/c1-10(15)13-6-7-16(9-13)11(2)12-4-3-5-14(17)8-12/h3-5,8,10-11,13,17H,6-7,9,15H2,1-2H3. The van der Waals surface area contributed by atoms with Crippen LogP contribution in [-0.2, 0) is 0 Å². The van der Waals surface area contributed by atoms with Crippen LogP contribution in [-0.4, -0.2) is 29.1 Å². The zero-order valence-corrected chi connectivity index (χ0v) is 10.6. The van der Waals surface area contributed by atoms with Crippen LogP contribution >= 0.6 is 0 Å². The first-order chi connectivity index (χ1) is 8.08. The lowest BCUT2D eigenvalue weighted by molar-refractivity contribution is 0.248. The van der Waals surface area contributed by atoms with Crippen LogP contribution < -0.4 is 5.73 Å². The maximum atomic E-state index is 9.51. The van der Waals surface area contributed by atoms with Gasteiger partial charge in [0.05, 0.1) is 0 Å². The van der Waals surface area contributed by atoms with E-state index in [1.54, 1.807) is 6.07 Å². The third-order valence-electron chi connectivity index (χ3n) is 3.90. The third kappa shape index (κ3) is 2.79. The van der Waals surface area contributed by atoms with Crippen molar-refractivity contribution in [3.63, 3.8) is 0 Å². The van der Waals surface area contributed by atoms with Crippen molar-refractivity contribution in [2.75, 3.05) is 13.1 Å². The summed E-state index contributed by atoms with van der Waals surface area (Å²) in [5, 5.41) is 9.51. The van der Waals surface area contributed by atoms with E-state index in [1.807, 2.05) is 12.1 Å². The molecule has 1 aliphatic rings. The van der Waals surface area contributed by atoms with Gasteiger partial charge in [-0.2, -0.15) is 0 Å². The second kappa shape index (κ2) is 5.07. The summed E-state index contributed by atoms with van der Waals surface area (Å²) in [6.07, 6.45) is 1.18. The van der Waals surface area contributed by atoms with Crippen molar-refractivity contribution >= 4 is 0 Å². The van der Waals surface area contributed by atoms with E-state index in [-0.39, 0.29) is 6.04 Å². The first kappa shape index (κ1) is 12.4. The molecule has 94 valence electrons. The molecule has 3 atom stereocenters. The lowest BCUT2D eigenvalue weighted by Crippen LogP contribution is -2.30. The molecule has 3 N–H and O–H groups in total. The molecule has 1 aliphatic heterocycles. The van der Waals surface area contributed by atoms with Gasteiger partial charge in [-0.1, -0.05) is 12.1 Å². The van der Waals surface area contributed by atoms with Gasteiger partial charge in [0.2, 0.25) is 0 Å². The normalized spacial score (nSPS) is 24.8. The Bertz CT molecular complexity index is 378. The van der Waals surface area contributed by atoms with Gasteiger partial charge in [0.15, 0.2) is 0 Å². The number of likely N-dealkylation sites (tertiary alicyclic amines) is 1. The van der Waals surface area contributed by atoms with Gasteiger partial charge in [-0.15, -0.1) is 0 Å². The number of hydrogen-bond acceptors (Lipinski definition) is 3. The monoisotopic (exact) mass is 234 g/mol. The van der Waals surface area contributed by atoms with Gasteiger partial charge >= 0.3 is 0 Å². The average Bonchev–Trinajstić information content (AvgIpc) is 2.77. The maximum Gasteiger partial charge on any atom is 0.115 e. The summed E-state index contributed by atoms with van der Waals surface area (Å²) in [6.45, 7) is 6.45. The highest BCUT2D eigenvalue weighted by atomic mass is 16.3. The van der Waals surface area contributed by atoms with Crippen LogP contribution in [0.4, 0.5) is 0 Å². The average molecular weight is 234 g/mol. The zero-order valence-electron chi connectivity index (χ0n) is 10.6. The van der Waals surface area contributed by atoms with E-state index in [1.165, 1.54) is 12.0 Å². The minimum atomic E-state index is 0.274. The Morgan fingerprint density at radius 3 is 2.76 bits per heavy atom. The predicted molar refractivity (Wildman–Crippen MR) is 69.9 cm³/mol. The third-order valence-corrected chi connectivity index (χ3v) is 3.90. The number of phenolic OH excluding ortho intramolecular Hbond substituents is 1. The van der Waals surface area contributed by atoms with E-state index < -0.39 is 0 Å². The molecule has 0 saturated carbocycles. The van der Waals surface area contributed by atoms with Gasteiger partial charge < -0.3 is 10.8 Å². The molecule has 3 nitrogen and oxygen atoms in total. The van der Waals surface area contributed by atoms with Gasteiger partial charge in [-0.05, 0) is 50.4 Å². The minimum Gasteiger partial charge on any atom is -0.508 e. The van der Waals surface area contributed by atoms with Gasteiger partial charge in [0.25, 0.3) is 0 Å². The molecule has 3 heteroatoms. The molecule has 1 heterocycles. The van der Waals surface area contributed by atoms with Crippen LogP contribution in [0.15, 0.2) is 24.3 Å². The molecule has 1 fully saturated rings. The molecule has 2 rings (SSSR count).